The SMILES string of the molecule is CCOc1cc(/C=C2/SC(=Nc3ccc(C)c(C)c3)NC2=O)ccc1OCc1ccccc1C#N. The maximum atomic E-state index is 12.5. The predicted octanol–water partition coefficient (Wildman–Crippen LogP) is 6.04. The zero-order chi connectivity index (χ0) is 24.8. The van der Waals surface area contributed by atoms with E-state index in [9.17, 15) is 10.1 Å². The first-order valence-electron chi connectivity index (χ1n) is 11.2. The number of thioether (sulfide) groups is 1. The first-order valence-corrected chi connectivity index (χ1v) is 12.0. The van der Waals surface area contributed by atoms with Gasteiger partial charge in [-0.2, -0.15) is 5.26 Å². The number of hydrogen-bond donors (Lipinski definition) is 1. The lowest BCUT2D eigenvalue weighted by Gasteiger charge is -2.13. The highest BCUT2D eigenvalue weighted by Crippen LogP contribution is 2.33. The Balaban J connectivity index is 1.52. The first-order chi connectivity index (χ1) is 17.0. The Morgan fingerprint density at radius 2 is 1.86 bits per heavy atom. The van der Waals surface area contributed by atoms with E-state index in [4.69, 9.17) is 9.47 Å². The summed E-state index contributed by atoms with van der Waals surface area (Å²) in [5, 5.41) is 12.7. The van der Waals surface area contributed by atoms with Gasteiger partial charge in [0.05, 0.1) is 28.8 Å². The Hall–Kier alpha value is -4.02. The van der Waals surface area contributed by atoms with Crippen molar-refractivity contribution in [1.29, 1.82) is 5.26 Å². The summed E-state index contributed by atoms with van der Waals surface area (Å²) in [6.07, 6.45) is 1.81. The normalized spacial score (nSPS) is 15.2. The maximum Gasteiger partial charge on any atom is 0.264 e. The number of ether oxygens (including phenoxy) is 2. The Morgan fingerprint density at radius 1 is 1.03 bits per heavy atom. The van der Waals surface area contributed by atoms with E-state index in [1.807, 2.05) is 68.4 Å². The van der Waals surface area contributed by atoms with Crippen LogP contribution in [0.5, 0.6) is 11.5 Å². The molecule has 1 amide bonds. The number of nitrogens with one attached hydrogen (secondary N) is 1. The van der Waals surface area contributed by atoms with Gasteiger partial charge in [0.2, 0.25) is 0 Å². The molecule has 0 aromatic heterocycles. The summed E-state index contributed by atoms with van der Waals surface area (Å²) in [4.78, 5) is 17.7. The number of aliphatic imine (C=N–C) groups is 1. The molecule has 3 aromatic rings. The molecule has 0 saturated carbocycles. The molecule has 1 N–H and O–H groups in total. The van der Waals surface area contributed by atoms with Crippen LogP contribution >= 0.6 is 11.8 Å². The number of nitriles is 1. The Morgan fingerprint density at radius 3 is 2.63 bits per heavy atom. The van der Waals surface area contributed by atoms with Crippen LogP contribution in [0.25, 0.3) is 6.08 Å². The van der Waals surface area contributed by atoms with Crippen LogP contribution in [0.15, 0.2) is 70.6 Å². The van der Waals surface area contributed by atoms with Crippen molar-refractivity contribution < 1.29 is 14.3 Å². The van der Waals surface area contributed by atoms with Gasteiger partial charge in [0.15, 0.2) is 16.7 Å². The molecule has 1 heterocycles. The molecule has 1 aliphatic rings. The summed E-state index contributed by atoms with van der Waals surface area (Å²) in [7, 11) is 0. The molecule has 1 aliphatic heterocycles. The molecule has 0 atom stereocenters. The third kappa shape index (κ3) is 5.92. The molecule has 35 heavy (non-hydrogen) atoms. The number of benzene rings is 3. The van der Waals surface area contributed by atoms with E-state index in [0.29, 0.717) is 33.7 Å². The van der Waals surface area contributed by atoms with Gasteiger partial charge in [-0.05, 0) is 85.6 Å². The molecule has 0 bridgehead atoms. The molecular weight excluding hydrogens is 458 g/mol. The molecule has 0 aliphatic carbocycles. The molecule has 176 valence electrons. The molecule has 0 spiro atoms. The molecular formula is C28H25N3O3S. The van der Waals surface area contributed by atoms with Gasteiger partial charge in [-0.3, -0.25) is 4.79 Å². The van der Waals surface area contributed by atoms with Crippen molar-refractivity contribution in [3.05, 3.63) is 93.4 Å². The maximum absolute atomic E-state index is 12.5. The minimum atomic E-state index is -0.191. The van der Waals surface area contributed by atoms with Crippen molar-refractivity contribution in [2.24, 2.45) is 4.99 Å². The second-order valence-electron chi connectivity index (χ2n) is 7.95. The number of amidine groups is 1. The summed E-state index contributed by atoms with van der Waals surface area (Å²) in [5.41, 5.74) is 5.34. The van der Waals surface area contributed by atoms with Gasteiger partial charge in [0.25, 0.3) is 5.91 Å². The molecule has 6 nitrogen and oxygen atoms in total. The molecule has 3 aromatic carbocycles. The molecule has 0 unspecified atom stereocenters. The largest absolute Gasteiger partial charge is 0.490 e. The van der Waals surface area contributed by atoms with Crippen molar-refractivity contribution in [1.82, 2.24) is 5.32 Å². The lowest BCUT2D eigenvalue weighted by molar-refractivity contribution is -0.115. The van der Waals surface area contributed by atoms with Crippen molar-refractivity contribution in [3.8, 4) is 17.6 Å². The zero-order valence-corrected chi connectivity index (χ0v) is 20.6. The van der Waals surface area contributed by atoms with Crippen LogP contribution in [0, 0.1) is 25.2 Å². The van der Waals surface area contributed by atoms with E-state index in [2.05, 4.69) is 23.3 Å². The van der Waals surface area contributed by atoms with E-state index in [-0.39, 0.29) is 12.5 Å². The molecule has 1 saturated heterocycles. The number of nitrogens with zero attached hydrogens (tertiary/aromatic N) is 2. The van der Waals surface area contributed by atoms with Crippen LogP contribution in [-0.4, -0.2) is 17.7 Å². The predicted molar refractivity (Wildman–Crippen MR) is 140 cm³/mol. The third-order valence-electron chi connectivity index (χ3n) is 5.46. The van der Waals surface area contributed by atoms with Crippen LogP contribution in [0.4, 0.5) is 5.69 Å². The number of amides is 1. The fraction of sp³-hybridized carbons (Fsp3) is 0.179. The van der Waals surface area contributed by atoms with E-state index >= 15 is 0 Å². The van der Waals surface area contributed by atoms with Gasteiger partial charge in [-0.25, -0.2) is 4.99 Å². The van der Waals surface area contributed by atoms with Gasteiger partial charge in [0.1, 0.15) is 6.61 Å². The van der Waals surface area contributed by atoms with Crippen molar-refractivity contribution in [2.75, 3.05) is 6.61 Å². The Labute approximate surface area is 209 Å². The van der Waals surface area contributed by atoms with Crippen molar-refractivity contribution in [2.45, 2.75) is 27.4 Å². The number of aryl methyl sites for hydroxylation is 2. The van der Waals surface area contributed by atoms with Crippen LogP contribution in [0.1, 0.15) is 34.7 Å². The number of rotatable bonds is 7. The molecule has 1 fully saturated rings. The third-order valence-corrected chi connectivity index (χ3v) is 6.37. The lowest BCUT2D eigenvalue weighted by atomic mass is 10.1. The highest BCUT2D eigenvalue weighted by Gasteiger charge is 2.24. The number of hydrogen-bond acceptors (Lipinski definition) is 6. The first kappa shape index (κ1) is 24.1. The van der Waals surface area contributed by atoms with Gasteiger partial charge < -0.3 is 14.8 Å². The van der Waals surface area contributed by atoms with Gasteiger partial charge in [-0.1, -0.05) is 30.3 Å². The van der Waals surface area contributed by atoms with Crippen molar-refractivity contribution >= 4 is 34.6 Å². The van der Waals surface area contributed by atoms with E-state index < -0.39 is 0 Å². The van der Waals surface area contributed by atoms with Gasteiger partial charge in [0, 0.05) is 5.56 Å². The number of carbonyl (C=O) groups excluding carboxylic acids is 1. The second-order valence-corrected chi connectivity index (χ2v) is 8.98. The lowest BCUT2D eigenvalue weighted by Crippen LogP contribution is -2.19. The Kier molecular flexibility index (Phi) is 7.54. The summed E-state index contributed by atoms with van der Waals surface area (Å²) in [6, 6.07) is 21.0. The summed E-state index contributed by atoms with van der Waals surface area (Å²) >= 11 is 1.30. The highest BCUT2D eigenvalue weighted by molar-refractivity contribution is 8.18. The molecule has 7 heteroatoms. The fourth-order valence-corrected chi connectivity index (χ4v) is 4.30. The van der Waals surface area contributed by atoms with Crippen LogP contribution in [0.2, 0.25) is 0 Å². The summed E-state index contributed by atoms with van der Waals surface area (Å²) < 4.78 is 11.7. The van der Waals surface area contributed by atoms with Crippen LogP contribution in [0.3, 0.4) is 0 Å². The summed E-state index contributed by atoms with van der Waals surface area (Å²) in [6.45, 7) is 6.71. The molecule has 4 rings (SSSR count). The van der Waals surface area contributed by atoms with Gasteiger partial charge >= 0.3 is 0 Å². The number of carbonyl (C=O) groups is 1. The van der Waals surface area contributed by atoms with Crippen LogP contribution in [-0.2, 0) is 11.4 Å². The van der Waals surface area contributed by atoms with E-state index in [0.717, 1.165) is 22.4 Å². The minimum absolute atomic E-state index is 0.191. The minimum Gasteiger partial charge on any atom is -0.490 e. The molecule has 0 radical (unpaired) electrons. The average molecular weight is 484 g/mol. The monoisotopic (exact) mass is 483 g/mol. The standard InChI is InChI=1S/C28H25N3O3S/c1-4-33-25-14-20(10-12-24(25)34-17-22-8-6-5-7-21(22)16-29)15-26-27(32)31-28(35-26)30-23-11-9-18(2)19(3)13-23/h5-15H,4,17H2,1-3H3,(H,30,31,32)/b26-15+. The quantitative estimate of drug-likeness (QED) is 0.414. The smallest absolute Gasteiger partial charge is 0.264 e. The average Bonchev–Trinajstić information content (AvgIpc) is 3.19. The zero-order valence-electron chi connectivity index (χ0n) is 19.8. The van der Waals surface area contributed by atoms with E-state index in [1.54, 1.807) is 12.1 Å². The van der Waals surface area contributed by atoms with Gasteiger partial charge in [-0.15, -0.1) is 0 Å². The fourth-order valence-electron chi connectivity index (χ4n) is 3.46. The summed E-state index contributed by atoms with van der Waals surface area (Å²) in [5.74, 6) is 0.954. The van der Waals surface area contributed by atoms with Crippen LogP contribution < -0.4 is 14.8 Å². The Bertz CT molecular complexity index is 1370. The van der Waals surface area contributed by atoms with E-state index in [1.165, 1.54) is 17.3 Å². The topological polar surface area (TPSA) is 83.7 Å². The second kappa shape index (κ2) is 10.9. The van der Waals surface area contributed by atoms with Crippen molar-refractivity contribution in [3.63, 3.8) is 0 Å². The highest BCUT2D eigenvalue weighted by atomic mass is 32.2.